The Bertz CT molecular complexity index is 832. The predicted octanol–water partition coefficient (Wildman–Crippen LogP) is 1.82. The molecule has 126 valence electrons. The highest BCUT2D eigenvalue weighted by molar-refractivity contribution is 6.31. The SMILES string of the molecule is COc1ccc(Cl)cc1C(=O)NCCn1nc2c(cc1=O)CCC2. The van der Waals surface area contributed by atoms with E-state index in [1.807, 2.05) is 0 Å². The number of halogens is 1. The molecule has 7 heteroatoms. The Kier molecular flexibility index (Phi) is 4.85. The van der Waals surface area contributed by atoms with Gasteiger partial charge in [-0.25, -0.2) is 4.68 Å². The van der Waals surface area contributed by atoms with Crippen LogP contribution < -0.4 is 15.6 Å². The number of amides is 1. The number of methoxy groups -OCH3 is 1. The largest absolute Gasteiger partial charge is 0.496 e. The first kappa shape index (κ1) is 16.5. The smallest absolute Gasteiger partial charge is 0.267 e. The number of carbonyl (C=O) groups excluding carboxylic acids is 1. The number of ether oxygens (including phenoxy) is 1. The summed E-state index contributed by atoms with van der Waals surface area (Å²) in [6.45, 7) is 0.612. The molecule has 1 N–H and O–H groups in total. The van der Waals surface area contributed by atoms with Crippen molar-refractivity contribution in [2.24, 2.45) is 0 Å². The standard InChI is InChI=1S/C17H18ClN3O3/c1-24-15-6-5-12(18)10-13(15)17(23)19-7-8-21-16(22)9-11-3-2-4-14(11)20-21/h5-6,9-10H,2-4,7-8H2,1H3,(H,19,23). The lowest BCUT2D eigenvalue weighted by Crippen LogP contribution is -2.32. The summed E-state index contributed by atoms with van der Waals surface area (Å²) < 4.78 is 6.57. The minimum absolute atomic E-state index is 0.134. The second kappa shape index (κ2) is 7.05. The van der Waals surface area contributed by atoms with Crippen molar-refractivity contribution in [1.29, 1.82) is 0 Å². The molecule has 0 bridgehead atoms. The van der Waals surface area contributed by atoms with E-state index >= 15 is 0 Å². The van der Waals surface area contributed by atoms with Crippen LogP contribution in [0.15, 0.2) is 29.1 Å². The number of hydrogen-bond donors (Lipinski definition) is 1. The van der Waals surface area contributed by atoms with Gasteiger partial charge < -0.3 is 10.1 Å². The fourth-order valence-corrected chi connectivity index (χ4v) is 3.00. The minimum Gasteiger partial charge on any atom is -0.496 e. The fraction of sp³-hybridized carbons (Fsp3) is 0.353. The maximum Gasteiger partial charge on any atom is 0.267 e. The molecule has 1 aliphatic rings. The molecule has 1 aliphatic carbocycles. The monoisotopic (exact) mass is 347 g/mol. The lowest BCUT2D eigenvalue weighted by Gasteiger charge is -2.11. The molecule has 0 atom stereocenters. The average molecular weight is 348 g/mol. The van der Waals surface area contributed by atoms with Crippen LogP contribution in [0.3, 0.4) is 0 Å². The van der Waals surface area contributed by atoms with Crippen molar-refractivity contribution < 1.29 is 9.53 Å². The van der Waals surface area contributed by atoms with E-state index in [4.69, 9.17) is 16.3 Å². The van der Waals surface area contributed by atoms with Crippen molar-refractivity contribution in [3.63, 3.8) is 0 Å². The first-order valence-electron chi connectivity index (χ1n) is 7.80. The summed E-state index contributed by atoms with van der Waals surface area (Å²) in [5.41, 5.74) is 2.26. The van der Waals surface area contributed by atoms with Crippen LogP contribution in [-0.4, -0.2) is 29.3 Å². The Morgan fingerprint density at radius 1 is 1.38 bits per heavy atom. The van der Waals surface area contributed by atoms with Crippen LogP contribution in [0.5, 0.6) is 5.75 Å². The Morgan fingerprint density at radius 3 is 3.00 bits per heavy atom. The molecule has 3 rings (SSSR count). The van der Waals surface area contributed by atoms with Gasteiger partial charge in [0, 0.05) is 17.6 Å². The summed E-state index contributed by atoms with van der Waals surface area (Å²) in [5.74, 6) is 0.147. The third-order valence-corrected chi connectivity index (χ3v) is 4.27. The molecular weight excluding hydrogens is 330 g/mol. The van der Waals surface area contributed by atoms with Crippen LogP contribution in [0.1, 0.15) is 28.0 Å². The van der Waals surface area contributed by atoms with Gasteiger partial charge >= 0.3 is 0 Å². The van der Waals surface area contributed by atoms with E-state index in [1.54, 1.807) is 24.3 Å². The molecule has 1 heterocycles. The van der Waals surface area contributed by atoms with Crippen LogP contribution >= 0.6 is 11.6 Å². The fourth-order valence-electron chi connectivity index (χ4n) is 2.83. The lowest BCUT2D eigenvalue weighted by molar-refractivity contribution is 0.0948. The zero-order valence-corrected chi connectivity index (χ0v) is 14.1. The molecular formula is C17H18ClN3O3. The molecule has 0 saturated heterocycles. The van der Waals surface area contributed by atoms with E-state index in [2.05, 4.69) is 10.4 Å². The number of nitrogens with zero attached hydrogens (tertiary/aromatic N) is 2. The highest BCUT2D eigenvalue weighted by atomic mass is 35.5. The van der Waals surface area contributed by atoms with E-state index in [0.717, 1.165) is 30.5 Å². The summed E-state index contributed by atoms with van der Waals surface area (Å²) in [6, 6.07) is 6.50. The van der Waals surface area contributed by atoms with Crippen molar-refractivity contribution in [1.82, 2.24) is 15.1 Å². The predicted molar refractivity (Wildman–Crippen MR) is 90.9 cm³/mol. The van der Waals surface area contributed by atoms with Crippen molar-refractivity contribution in [2.75, 3.05) is 13.7 Å². The number of hydrogen-bond acceptors (Lipinski definition) is 4. The van der Waals surface area contributed by atoms with Gasteiger partial charge in [0.05, 0.1) is 24.9 Å². The summed E-state index contributed by atoms with van der Waals surface area (Å²) in [4.78, 5) is 24.3. The number of aryl methyl sites for hydroxylation is 2. The van der Waals surface area contributed by atoms with Gasteiger partial charge in [-0.15, -0.1) is 0 Å². The van der Waals surface area contributed by atoms with Crippen molar-refractivity contribution in [3.05, 3.63) is 56.5 Å². The van der Waals surface area contributed by atoms with Crippen LogP contribution in [0, 0.1) is 0 Å². The average Bonchev–Trinajstić information content (AvgIpc) is 3.01. The van der Waals surface area contributed by atoms with E-state index in [0.29, 0.717) is 29.4 Å². The third-order valence-electron chi connectivity index (χ3n) is 4.04. The molecule has 6 nitrogen and oxygen atoms in total. The van der Waals surface area contributed by atoms with Gasteiger partial charge in [0.1, 0.15) is 5.75 Å². The van der Waals surface area contributed by atoms with Crippen LogP contribution in [0.25, 0.3) is 0 Å². The van der Waals surface area contributed by atoms with E-state index in [9.17, 15) is 9.59 Å². The zero-order chi connectivity index (χ0) is 17.1. The molecule has 0 aliphatic heterocycles. The quantitative estimate of drug-likeness (QED) is 0.895. The third kappa shape index (κ3) is 3.43. The summed E-state index contributed by atoms with van der Waals surface area (Å²) >= 11 is 5.93. The van der Waals surface area contributed by atoms with E-state index < -0.39 is 0 Å². The highest BCUT2D eigenvalue weighted by Crippen LogP contribution is 2.22. The number of fused-ring (bicyclic) bond motifs is 1. The zero-order valence-electron chi connectivity index (χ0n) is 13.3. The molecule has 0 saturated carbocycles. The van der Waals surface area contributed by atoms with Crippen molar-refractivity contribution in [3.8, 4) is 5.75 Å². The van der Waals surface area contributed by atoms with E-state index in [1.165, 1.54) is 11.8 Å². The summed E-state index contributed by atoms with van der Waals surface area (Å²) in [6.07, 6.45) is 2.86. The second-order valence-electron chi connectivity index (χ2n) is 5.63. The normalized spacial score (nSPS) is 12.8. The lowest BCUT2D eigenvalue weighted by atomic mass is 10.2. The second-order valence-corrected chi connectivity index (χ2v) is 6.07. The van der Waals surface area contributed by atoms with Gasteiger partial charge in [-0.05, 0) is 43.0 Å². The van der Waals surface area contributed by atoms with Gasteiger partial charge in [-0.2, -0.15) is 5.10 Å². The Morgan fingerprint density at radius 2 is 2.21 bits per heavy atom. The first-order valence-corrected chi connectivity index (χ1v) is 8.18. The maximum absolute atomic E-state index is 12.3. The maximum atomic E-state index is 12.3. The van der Waals surface area contributed by atoms with Gasteiger partial charge in [0.25, 0.3) is 11.5 Å². The molecule has 0 unspecified atom stereocenters. The van der Waals surface area contributed by atoms with Crippen molar-refractivity contribution in [2.45, 2.75) is 25.8 Å². The Hall–Kier alpha value is -2.34. The summed E-state index contributed by atoms with van der Waals surface area (Å²) in [5, 5.41) is 7.60. The number of rotatable bonds is 5. The molecule has 1 aromatic carbocycles. The summed E-state index contributed by atoms with van der Waals surface area (Å²) in [7, 11) is 1.49. The van der Waals surface area contributed by atoms with Gasteiger partial charge in [0.15, 0.2) is 0 Å². The molecule has 24 heavy (non-hydrogen) atoms. The minimum atomic E-state index is -0.302. The first-order chi connectivity index (χ1) is 11.6. The van der Waals surface area contributed by atoms with Crippen LogP contribution in [-0.2, 0) is 19.4 Å². The molecule has 0 fully saturated rings. The molecule has 2 aromatic rings. The molecule has 0 radical (unpaired) electrons. The van der Waals surface area contributed by atoms with E-state index in [-0.39, 0.29) is 11.5 Å². The molecule has 1 amide bonds. The van der Waals surface area contributed by atoms with Crippen LogP contribution in [0.4, 0.5) is 0 Å². The Labute approximate surface area is 144 Å². The number of nitrogens with one attached hydrogen (secondary N) is 1. The van der Waals surface area contributed by atoms with Gasteiger partial charge in [-0.1, -0.05) is 11.6 Å². The van der Waals surface area contributed by atoms with Gasteiger partial charge in [0.2, 0.25) is 0 Å². The number of aromatic nitrogens is 2. The highest BCUT2D eigenvalue weighted by Gasteiger charge is 2.15. The van der Waals surface area contributed by atoms with Gasteiger partial charge in [-0.3, -0.25) is 9.59 Å². The Balaban J connectivity index is 1.66. The molecule has 0 spiro atoms. The van der Waals surface area contributed by atoms with Crippen molar-refractivity contribution >= 4 is 17.5 Å². The number of benzene rings is 1. The number of carbonyl (C=O) groups is 1. The topological polar surface area (TPSA) is 73.2 Å². The van der Waals surface area contributed by atoms with Crippen LogP contribution in [0.2, 0.25) is 5.02 Å². The molecule has 1 aromatic heterocycles.